The minimum absolute atomic E-state index is 0.00436. The molecule has 0 aromatic heterocycles. The Balaban J connectivity index is 1.62. The highest BCUT2D eigenvalue weighted by molar-refractivity contribution is 7.99. The number of ether oxygens (including phenoxy) is 3. The molecule has 0 bridgehead atoms. The van der Waals surface area contributed by atoms with Crippen molar-refractivity contribution in [1.29, 1.82) is 0 Å². The molecule has 0 amide bonds. The van der Waals surface area contributed by atoms with Crippen molar-refractivity contribution in [3.63, 3.8) is 0 Å². The lowest BCUT2D eigenvalue weighted by molar-refractivity contribution is -0.384. The van der Waals surface area contributed by atoms with E-state index in [2.05, 4.69) is 0 Å². The Morgan fingerprint density at radius 2 is 1.67 bits per heavy atom. The molecule has 13 heteroatoms. The molecule has 2 aliphatic heterocycles. The minimum atomic E-state index is -1.60. The van der Waals surface area contributed by atoms with Gasteiger partial charge in [0.25, 0.3) is 5.69 Å². The first-order chi connectivity index (χ1) is 14.2. The summed E-state index contributed by atoms with van der Waals surface area (Å²) in [5, 5.41) is 70.4. The number of benzene rings is 1. The van der Waals surface area contributed by atoms with Crippen LogP contribution in [0.2, 0.25) is 0 Å². The Morgan fingerprint density at radius 3 is 2.30 bits per heavy atom. The van der Waals surface area contributed by atoms with Crippen LogP contribution in [-0.4, -0.2) is 102 Å². The zero-order valence-corrected chi connectivity index (χ0v) is 16.3. The van der Waals surface area contributed by atoms with Crippen LogP contribution in [0, 0.1) is 10.1 Å². The molecule has 0 saturated carbocycles. The molecule has 168 valence electrons. The van der Waals surface area contributed by atoms with Crippen molar-refractivity contribution < 1.29 is 49.8 Å². The third-order valence-corrected chi connectivity index (χ3v) is 6.11. The summed E-state index contributed by atoms with van der Waals surface area (Å²) in [4.78, 5) is 10.1. The summed E-state index contributed by atoms with van der Waals surface area (Å²) in [6, 6.07) is 5.00. The number of hydrogen-bond donors (Lipinski definition) is 6. The number of nitro benzene ring substituents is 1. The summed E-state index contributed by atoms with van der Waals surface area (Å²) in [7, 11) is 0. The smallest absolute Gasteiger partial charge is 0.269 e. The van der Waals surface area contributed by atoms with Gasteiger partial charge in [0.1, 0.15) is 47.8 Å². The Labute approximate surface area is 174 Å². The van der Waals surface area contributed by atoms with Gasteiger partial charge in [0.05, 0.1) is 17.6 Å². The van der Waals surface area contributed by atoms with Gasteiger partial charge in [0, 0.05) is 17.9 Å². The van der Waals surface area contributed by atoms with E-state index in [4.69, 9.17) is 14.2 Å². The van der Waals surface area contributed by atoms with E-state index in [1.165, 1.54) is 24.3 Å². The summed E-state index contributed by atoms with van der Waals surface area (Å²) >= 11 is 0.987. The third-order valence-electron chi connectivity index (χ3n) is 4.85. The first-order valence-corrected chi connectivity index (χ1v) is 10.1. The van der Waals surface area contributed by atoms with Gasteiger partial charge in [-0.05, 0) is 12.1 Å². The Morgan fingerprint density at radius 1 is 1.00 bits per heavy atom. The number of nitro groups is 1. The lowest BCUT2D eigenvalue weighted by Gasteiger charge is -2.41. The number of nitrogens with zero attached hydrogens (tertiary/aromatic N) is 1. The van der Waals surface area contributed by atoms with Crippen molar-refractivity contribution in [3.05, 3.63) is 34.4 Å². The molecule has 30 heavy (non-hydrogen) atoms. The van der Waals surface area contributed by atoms with Gasteiger partial charge in [-0.15, -0.1) is 11.8 Å². The molecule has 2 saturated heterocycles. The van der Waals surface area contributed by atoms with E-state index in [9.17, 15) is 40.8 Å². The molecule has 2 heterocycles. The maximum absolute atomic E-state index is 10.7. The fourth-order valence-corrected chi connectivity index (χ4v) is 4.24. The molecular weight excluding hydrogens is 426 g/mol. The van der Waals surface area contributed by atoms with Crippen LogP contribution in [0.25, 0.3) is 0 Å². The van der Waals surface area contributed by atoms with E-state index < -0.39 is 59.4 Å². The molecule has 9 atom stereocenters. The molecule has 2 aliphatic rings. The fraction of sp³-hybridized carbons (Fsp3) is 0.647. The average molecular weight is 449 g/mol. The first-order valence-electron chi connectivity index (χ1n) is 9.07. The van der Waals surface area contributed by atoms with Crippen LogP contribution < -0.4 is 4.74 Å². The Kier molecular flexibility index (Phi) is 7.49. The molecule has 0 spiro atoms. The van der Waals surface area contributed by atoms with Crippen molar-refractivity contribution in [2.75, 3.05) is 12.4 Å². The molecule has 1 aromatic rings. The van der Waals surface area contributed by atoms with Gasteiger partial charge in [-0.1, -0.05) is 0 Å². The van der Waals surface area contributed by atoms with Gasteiger partial charge >= 0.3 is 0 Å². The summed E-state index contributed by atoms with van der Waals surface area (Å²) in [5.41, 5.74) is -1.06. The van der Waals surface area contributed by atoms with Gasteiger partial charge in [-0.3, -0.25) is 10.1 Å². The van der Waals surface area contributed by atoms with Gasteiger partial charge < -0.3 is 44.8 Å². The predicted octanol–water partition coefficient (Wildman–Crippen LogP) is -2.05. The highest BCUT2D eigenvalue weighted by Crippen LogP contribution is 2.30. The molecule has 0 unspecified atom stereocenters. The monoisotopic (exact) mass is 449 g/mol. The minimum Gasteiger partial charge on any atom is -0.462 e. The highest BCUT2D eigenvalue weighted by atomic mass is 32.2. The quantitative estimate of drug-likeness (QED) is 0.206. The lowest BCUT2D eigenvalue weighted by Crippen LogP contribution is -2.60. The third kappa shape index (κ3) is 5.01. The Hall–Kier alpha value is -1.55. The number of non-ortho nitro benzene ring substituents is 1. The van der Waals surface area contributed by atoms with E-state index in [1.54, 1.807) is 0 Å². The zero-order valence-electron chi connectivity index (χ0n) is 15.5. The first kappa shape index (κ1) is 23.1. The van der Waals surface area contributed by atoms with Crippen LogP contribution in [0.3, 0.4) is 0 Å². The average Bonchev–Trinajstić information content (AvgIpc) is 2.73. The SMILES string of the molecule is O=[N+]([O-])c1ccc(O[C@@H]2O[C@H](CS[C@@H]3OC[C@@H](O)[C@H](O)[C@H]3O)[C@@H](O)[C@H](O)[C@H]2O)cc1. The van der Waals surface area contributed by atoms with Crippen LogP contribution in [0.4, 0.5) is 5.69 Å². The van der Waals surface area contributed by atoms with Crippen molar-refractivity contribution in [3.8, 4) is 5.75 Å². The molecule has 3 rings (SSSR count). The lowest BCUT2D eigenvalue weighted by atomic mass is 10.00. The summed E-state index contributed by atoms with van der Waals surface area (Å²) in [6.07, 6.45) is -11.1. The van der Waals surface area contributed by atoms with Crippen molar-refractivity contribution in [2.45, 2.75) is 54.5 Å². The van der Waals surface area contributed by atoms with E-state index in [0.717, 1.165) is 11.8 Å². The standard InChI is InChI=1S/C17H23NO11S/c19-9-5-27-17(15(24)11(9)20)30-6-10-12(21)13(22)14(23)16(29-10)28-8-3-1-7(2-4-8)18(25)26/h1-4,9-17,19-24H,5-6H2/t9-,10-,11+,12-,13+,14-,15-,16-,17+/m1/s1. The number of rotatable bonds is 6. The van der Waals surface area contributed by atoms with E-state index in [-0.39, 0.29) is 23.8 Å². The van der Waals surface area contributed by atoms with Crippen molar-refractivity contribution in [1.82, 2.24) is 0 Å². The van der Waals surface area contributed by atoms with Crippen LogP contribution in [-0.2, 0) is 9.47 Å². The summed E-state index contributed by atoms with van der Waals surface area (Å²) in [6.45, 7) is -0.183. The van der Waals surface area contributed by atoms with Crippen molar-refractivity contribution >= 4 is 17.4 Å². The van der Waals surface area contributed by atoms with Gasteiger partial charge in [0.15, 0.2) is 0 Å². The number of aliphatic hydroxyl groups is 6. The number of hydrogen-bond acceptors (Lipinski definition) is 12. The Bertz CT molecular complexity index is 722. The largest absolute Gasteiger partial charge is 0.462 e. The zero-order chi connectivity index (χ0) is 22.0. The van der Waals surface area contributed by atoms with E-state index >= 15 is 0 Å². The molecule has 2 fully saturated rings. The normalized spacial score (nSPS) is 39.5. The fourth-order valence-electron chi connectivity index (χ4n) is 3.05. The molecule has 1 aromatic carbocycles. The van der Waals surface area contributed by atoms with Crippen molar-refractivity contribution in [2.24, 2.45) is 0 Å². The van der Waals surface area contributed by atoms with Crippen LogP contribution in [0.1, 0.15) is 0 Å². The summed E-state index contributed by atoms with van der Waals surface area (Å²) in [5.74, 6) is 0.137. The molecule has 0 radical (unpaired) electrons. The second-order valence-electron chi connectivity index (χ2n) is 6.97. The predicted molar refractivity (Wildman–Crippen MR) is 101 cm³/mol. The van der Waals surface area contributed by atoms with E-state index in [0.29, 0.717) is 0 Å². The molecule has 12 nitrogen and oxygen atoms in total. The van der Waals surface area contributed by atoms with Crippen LogP contribution in [0.5, 0.6) is 5.75 Å². The molecule has 0 aliphatic carbocycles. The maximum Gasteiger partial charge on any atom is 0.269 e. The second kappa shape index (κ2) is 9.72. The highest BCUT2D eigenvalue weighted by Gasteiger charge is 2.46. The van der Waals surface area contributed by atoms with Gasteiger partial charge in [-0.25, -0.2) is 0 Å². The molecular formula is C17H23NO11S. The summed E-state index contributed by atoms with van der Waals surface area (Å²) < 4.78 is 16.3. The van der Waals surface area contributed by atoms with E-state index in [1.807, 2.05) is 0 Å². The second-order valence-corrected chi connectivity index (χ2v) is 8.10. The number of thioether (sulfide) groups is 1. The van der Waals surface area contributed by atoms with Gasteiger partial charge in [0.2, 0.25) is 6.29 Å². The maximum atomic E-state index is 10.7. The van der Waals surface area contributed by atoms with Crippen LogP contribution in [0.15, 0.2) is 24.3 Å². The topological polar surface area (TPSA) is 192 Å². The number of aliphatic hydroxyl groups excluding tert-OH is 6. The molecule has 6 N–H and O–H groups in total. The van der Waals surface area contributed by atoms with Crippen LogP contribution >= 0.6 is 11.8 Å². The van der Waals surface area contributed by atoms with Gasteiger partial charge in [-0.2, -0.15) is 0 Å².